The lowest BCUT2D eigenvalue weighted by molar-refractivity contribution is 0.0180. The van der Waals surface area contributed by atoms with Crippen molar-refractivity contribution < 1.29 is 4.74 Å². The Kier molecular flexibility index (Phi) is 4.70. The van der Waals surface area contributed by atoms with Gasteiger partial charge in [0.05, 0.1) is 18.8 Å². The summed E-state index contributed by atoms with van der Waals surface area (Å²) in [5.41, 5.74) is 0. The molecule has 0 saturated carbocycles. The van der Waals surface area contributed by atoms with Crippen LogP contribution in [0.5, 0.6) is 0 Å². The van der Waals surface area contributed by atoms with E-state index < -0.39 is 0 Å². The zero-order chi connectivity index (χ0) is 13.8. The molecule has 1 aromatic rings. The highest BCUT2D eigenvalue weighted by Gasteiger charge is 2.27. The van der Waals surface area contributed by atoms with Gasteiger partial charge in [0.15, 0.2) is 0 Å². The zero-order valence-electron chi connectivity index (χ0n) is 12.4. The molecule has 3 rings (SSSR count). The molecule has 1 aromatic heterocycles. The van der Waals surface area contributed by atoms with Crippen molar-refractivity contribution in [2.75, 3.05) is 26.2 Å². The van der Waals surface area contributed by atoms with Crippen molar-refractivity contribution in [3.05, 3.63) is 18.2 Å². The van der Waals surface area contributed by atoms with Gasteiger partial charge in [0.25, 0.3) is 0 Å². The molecule has 0 spiro atoms. The maximum Gasteiger partial charge on any atom is 0.122 e. The van der Waals surface area contributed by atoms with Gasteiger partial charge in [0.2, 0.25) is 0 Å². The average molecular weight is 278 g/mol. The Morgan fingerprint density at radius 1 is 1.35 bits per heavy atom. The van der Waals surface area contributed by atoms with Crippen LogP contribution < -0.4 is 5.32 Å². The second-order valence-electron chi connectivity index (χ2n) is 5.93. The maximum atomic E-state index is 6.15. The Balaban J connectivity index is 1.41. The van der Waals surface area contributed by atoms with E-state index in [4.69, 9.17) is 4.74 Å². The van der Waals surface area contributed by atoms with Gasteiger partial charge in [0, 0.05) is 38.6 Å². The van der Waals surface area contributed by atoms with Crippen molar-refractivity contribution in [1.29, 1.82) is 0 Å². The fourth-order valence-corrected chi connectivity index (χ4v) is 3.17. The molecule has 3 heterocycles. The Labute approximate surface area is 121 Å². The number of aromatic nitrogens is 2. The van der Waals surface area contributed by atoms with Crippen molar-refractivity contribution in [3.63, 3.8) is 0 Å². The summed E-state index contributed by atoms with van der Waals surface area (Å²) in [5, 5.41) is 3.46. The molecule has 1 N–H and O–H groups in total. The van der Waals surface area contributed by atoms with Crippen LogP contribution in [0.3, 0.4) is 0 Å². The summed E-state index contributed by atoms with van der Waals surface area (Å²) >= 11 is 0. The van der Waals surface area contributed by atoms with E-state index >= 15 is 0 Å². The zero-order valence-corrected chi connectivity index (χ0v) is 12.4. The third-order valence-electron chi connectivity index (χ3n) is 4.28. The molecule has 1 fully saturated rings. The van der Waals surface area contributed by atoms with Gasteiger partial charge in [0.1, 0.15) is 5.82 Å². The van der Waals surface area contributed by atoms with E-state index in [1.807, 2.05) is 6.20 Å². The summed E-state index contributed by atoms with van der Waals surface area (Å²) in [6, 6.07) is 0. The van der Waals surface area contributed by atoms with E-state index in [0.717, 1.165) is 39.3 Å². The first-order chi connectivity index (χ1) is 9.85. The molecule has 1 saturated heterocycles. The molecule has 2 aliphatic rings. The number of hydrogen-bond donors (Lipinski definition) is 1. The molecular formula is C15H26N4O. The Morgan fingerprint density at radius 2 is 2.25 bits per heavy atom. The van der Waals surface area contributed by atoms with Gasteiger partial charge >= 0.3 is 0 Å². The van der Waals surface area contributed by atoms with Crippen molar-refractivity contribution in [3.8, 4) is 0 Å². The third kappa shape index (κ3) is 3.40. The minimum atomic E-state index is 0.407. The highest BCUT2D eigenvalue weighted by Crippen LogP contribution is 2.21. The van der Waals surface area contributed by atoms with Gasteiger partial charge in [-0.1, -0.05) is 6.92 Å². The molecular weight excluding hydrogens is 252 g/mol. The van der Waals surface area contributed by atoms with Crippen molar-refractivity contribution in [1.82, 2.24) is 19.8 Å². The number of imidazole rings is 1. The summed E-state index contributed by atoms with van der Waals surface area (Å²) in [7, 11) is 0. The van der Waals surface area contributed by atoms with E-state index in [-0.39, 0.29) is 0 Å². The van der Waals surface area contributed by atoms with Crippen molar-refractivity contribution in [2.24, 2.45) is 0 Å². The van der Waals surface area contributed by atoms with E-state index in [2.05, 4.69) is 32.9 Å². The molecule has 112 valence electrons. The lowest BCUT2D eigenvalue weighted by Crippen LogP contribution is -2.39. The first-order valence-corrected chi connectivity index (χ1v) is 7.93. The fraction of sp³-hybridized carbons (Fsp3) is 0.800. The molecule has 5 nitrogen and oxygen atoms in total. The molecule has 2 unspecified atom stereocenters. The SMILES string of the molecule is CCCNCC1CCC(CN2CCn3ccnc3C2)O1. The molecule has 0 aromatic carbocycles. The second-order valence-corrected chi connectivity index (χ2v) is 5.93. The molecule has 0 bridgehead atoms. The van der Waals surface area contributed by atoms with Crippen LogP contribution in [0.25, 0.3) is 0 Å². The summed E-state index contributed by atoms with van der Waals surface area (Å²) in [6.45, 7) is 8.49. The topological polar surface area (TPSA) is 42.3 Å². The monoisotopic (exact) mass is 278 g/mol. The van der Waals surface area contributed by atoms with Gasteiger partial charge in [-0.15, -0.1) is 0 Å². The molecule has 0 amide bonds. The van der Waals surface area contributed by atoms with E-state index in [1.54, 1.807) is 0 Å². The standard InChI is InChI=1S/C15H26N4O/c1-2-5-16-10-13-3-4-14(20-13)11-18-8-9-19-7-6-17-15(19)12-18/h6-7,13-14,16H,2-5,8-12H2,1H3. The minimum Gasteiger partial charge on any atom is -0.372 e. The summed E-state index contributed by atoms with van der Waals surface area (Å²) in [4.78, 5) is 6.90. The van der Waals surface area contributed by atoms with Gasteiger partial charge in [-0.05, 0) is 25.8 Å². The highest BCUT2D eigenvalue weighted by molar-refractivity contribution is 4.96. The number of fused-ring (bicyclic) bond motifs is 1. The smallest absolute Gasteiger partial charge is 0.122 e. The van der Waals surface area contributed by atoms with Crippen LogP contribution >= 0.6 is 0 Å². The number of hydrogen-bond acceptors (Lipinski definition) is 4. The summed E-state index contributed by atoms with van der Waals surface area (Å²) in [6.07, 6.45) is 8.39. The number of nitrogens with one attached hydrogen (secondary N) is 1. The predicted octanol–water partition coefficient (Wildman–Crippen LogP) is 1.25. The van der Waals surface area contributed by atoms with Crippen LogP contribution in [-0.2, 0) is 17.8 Å². The van der Waals surface area contributed by atoms with Crippen LogP contribution in [0.2, 0.25) is 0 Å². The van der Waals surface area contributed by atoms with E-state index in [0.29, 0.717) is 12.2 Å². The number of nitrogens with zero attached hydrogens (tertiary/aromatic N) is 3. The van der Waals surface area contributed by atoms with Crippen LogP contribution in [0.4, 0.5) is 0 Å². The van der Waals surface area contributed by atoms with Gasteiger partial charge in [-0.3, -0.25) is 4.90 Å². The average Bonchev–Trinajstić information content (AvgIpc) is 3.08. The summed E-state index contributed by atoms with van der Waals surface area (Å²) < 4.78 is 8.40. The number of rotatable bonds is 6. The Hall–Kier alpha value is -0.910. The summed E-state index contributed by atoms with van der Waals surface area (Å²) in [5.74, 6) is 1.19. The van der Waals surface area contributed by atoms with Gasteiger partial charge in [-0.25, -0.2) is 4.98 Å². The third-order valence-corrected chi connectivity index (χ3v) is 4.28. The molecule has 2 aliphatic heterocycles. The molecule has 20 heavy (non-hydrogen) atoms. The van der Waals surface area contributed by atoms with Crippen LogP contribution in [0, 0.1) is 0 Å². The Morgan fingerprint density at radius 3 is 3.15 bits per heavy atom. The highest BCUT2D eigenvalue weighted by atomic mass is 16.5. The molecule has 5 heteroatoms. The maximum absolute atomic E-state index is 6.15. The molecule has 2 atom stereocenters. The first kappa shape index (κ1) is 14.0. The van der Waals surface area contributed by atoms with E-state index in [9.17, 15) is 0 Å². The van der Waals surface area contributed by atoms with Gasteiger partial charge < -0.3 is 14.6 Å². The van der Waals surface area contributed by atoms with Crippen LogP contribution in [0.1, 0.15) is 32.0 Å². The van der Waals surface area contributed by atoms with Gasteiger partial charge in [-0.2, -0.15) is 0 Å². The van der Waals surface area contributed by atoms with Crippen LogP contribution in [-0.4, -0.2) is 52.8 Å². The lowest BCUT2D eigenvalue weighted by Gasteiger charge is -2.29. The van der Waals surface area contributed by atoms with Crippen molar-refractivity contribution >= 4 is 0 Å². The normalized spacial score (nSPS) is 26.9. The first-order valence-electron chi connectivity index (χ1n) is 7.93. The van der Waals surface area contributed by atoms with Crippen molar-refractivity contribution in [2.45, 2.75) is 51.5 Å². The Bertz CT molecular complexity index is 420. The van der Waals surface area contributed by atoms with E-state index in [1.165, 1.54) is 25.1 Å². The number of ether oxygens (including phenoxy) is 1. The quantitative estimate of drug-likeness (QED) is 0.795. The lowest BCUT2D eigenvalue weighted by atomic mass is 10.2. The molecule has 0 aliphatic carbocycles. The minimum absolute atomic E-state index is 0.407. The second kappa shape index (κ2) is 6.70. The predicted molar refractivity (Wildman–Crippen MR) is 78.6 cm³/mol. The fourth-order valence-electron chi connectivity index (χ4n) is 3.17. The molecule has 0 radical (unpaired) electrons. The van der Waals surface area contributed by atoms with Crippen LogP contribution in [0.15, 0.2) is 12.4 Å². The largest absolute Gasteiger partial charge is 0.372 e.